The van der Waals surface area contributed by atoms with Crippen LogP contribution in [0.4, 0.5) is 0 Å². The molecule has 0 amide bonds. The molecule has 1 heterocycles. The van der Waals surface area contributed by atoms with Gasteiger partial charge in [0.1, 0.15) is 0 Å². The van der Waals surface area contributed by atoms with Crippen LogP contribution in [0.1, 0.15) is 57.0 Å². The van der Waals surface area contributed by atoms with Crippen LogP contribution in [-0.4, -0.2) is 16.0 Å². The third-order valence-corrected chi connectivity index (χ3v) is 3.90. The van der Waals surface area contributed by atoms with E-state index < -0.39 is 0 Å². The molecule has 3 atom stereocenters. The van der Waals surface area contributed by atoms with Crippen LogP contribution >= 0.6 is 0 Å². The van der Waals surface area contributed by atoms with E-state index in [9.17, 15) is 0 Å². The van der Waals surface area contributed by atoms with Gasteiger partial charge in [0, 0.05) is 24.5 Å². The van der Waals surface area contributed by atoms with Crippen molar-refractivity contribution in [2.75, 3.05) is 0 Å². The third kappa shape index (κ3) is 3.03. The van der Waals surface area contributed by atoms with Crippen LogP contribution in [0, 0.1) is 12.8 Å². The van der Waals surface area contributed by atoms with Crippen LogP contribution in [0.2, 0.25) is 0 Å². The van der Waals surface area contributed by atoms with Crippen molar-refractivity contribution in [1.82, 2.24) is 15.3 Å². The van der Waals surface area contributed by atoms with E-state index >= 15 is 0 Å². The van der Waals surface area contributed by atoms with Gasteiger partial charge in [-0.2, -0.15) is 0 Å². The quantitative estimate of drug-likeness (QED) is 0.872. The summed E-state index contributed by atoms with van der Waals surface area (Å²) in [7, 11) is 0. The Kier molecular flexibility index (Phi) is 4.11. The van der Waals surface area contributed by atoms with E-state index in [0.29, 0.717) is 12.1 Å². The summed E-state index contributed by atoms with van der Waals surface area (Å²) in [6.07, 6.45) is 8.93. The monoisotopic (exact) mass is 233 g/mol. The van der Waals surface area contributed by atoms with Gasteiger partial charge in [0.2, 0.25) is 0 Å². The van der Waals surface area contributed by atoms with Crippen molar-refractivity contribution in [3.05, 3.63) is 23.8 Å². The Hall–Kier alpha value is -0.960. The lowest BCUT2D eigenvalue weighted by atomic mass is 9.85. The minimum absolute atomic E-state index is 0.300. The minimum atomic E-state index is 0.300. The van der Waals surface area contributed by atoms with E-state index in [2.05, 4.69) is 29.1 Å². The molecule has 0 aliphatic heterocycles. The zero-order valence-corrected chi connectivity index (χ0v) is 11.1. The van der Waals surface area contributed by atoms with Crippen molar-refractivity contribution in [1.29, 1.82) is 0 Å². The number of hydrogen-bond donors (Lipinski definition) is 1. The summed E-state index contributed by atoms with van der Waals surface area (Å²) < 4.78 is 0. The van der Waals surface area contributed by atoms with Crippen LogP contribution in [0.15, 0.2) is 12.4 Å². The van der Waals surface area contributed by atoms with Crippen LogP contribution in [-0.2, 0) is 0 Å². The van der Waals surface area contributed by atoms with Crippen molar-refractivity contribution in [2.24, 2.45) is 5.92 Å². The Morgan fingerprint density at radius 2 is 1.94 bits per heavy atom. The van der Waals surface area contributed by atoms with Crippen LogP contribution < -0.4 is 5.32 Å². The molecular weight excluding hydrogens is 210 g/mol. The van der Waals surface area contributed by atoms with Gasteiger partial charge >= 0.3 is 0 Å². The summed E-state index contributed by atoms with van der Waals surface area (Å²) >= 11 is 0. The molecule has 0 spiro atoms. The van der Waals surface area contributed by atoms with Crippen molar-refractivity contribution >= 4 is 0 Å². The average molecular weight is 233 g/mol. The molecule has 3 heteroatoms. The Morgan fingerprint density at radius 3 is 2.65 bits per heavy atom. The Bertz CT molecular complexity index is 364. The first kappa shape index (κ1) is 12.5. The molecule has 1 saturated carbocycles. The van der Waals surface area contributed by atoms with E-state index in [1.54, 1.807) is 12.4 Å². The number of hydrogen-bond acceptors (Lipinski definition) is 3. The highest BCUT2D eigenvalue weighted by Gasteiger charge is 2.23. The molecule has 0 saturated heterocycles. The predicted octanol–water partition coefficient (Wildman–Crippen LogP) is 3.01. The standard InChI is InChI=1S/C14H23N3/c1-10-6-4-5-7-13(10)17-12(3)14-11(2)15-8-9-16-14/h8-10,12-13,17H,4-7H2,1-3H3. The van der Waals surface area contributed by atoms with E-state index in [-0.39, 0.29) is 0 Å². The molecule has 1 aromatic heterocycles. The average Bonchev–Trinajstić information content (AvgIpc) is 2.32. The molecule has 0 aromatic carbocycles. The lowest BCUT2D eigenvalue weighted by Gasteiger charge is -2.32. The third-order valence-electron chi connectivity index (χ3n) is 3.90. The van der Waals surface area contributed by atoms with Gasteiger partial charge in [0.25, 0.3) is 0 Å². The number of nitrogens with zero attached hydrogens (tertiary/aromatic N) is 2. The van der Waals surface area contributed by atoms with Gasteiger partial charge in [-0.15, -0.1) is 0 Å². The smallest absolute Gasteiger partial charge is 0.0782 e. The van der Waals surface area contributed by atoms with Gasteiger partial charge in [-0.1, -0.05) is 19.8 Å². The largest absolute Gasteiger partial charge is 0.306 e. The molecular formula is C14H23N3. The molecule has 1 aliphatic carbocycles. The maximum absolute atomic E-state index is 4.44. The molecule has 17 heavy (non-hydrogen) atoms. The van der Waals surface area contributed by atoms with Crippen molar-refractivity contribution < 1.29 is 0 Å². The summed E-state index contributed by atoms with van der Waals surface area (Å²) in [4.78, 5) is 8.75. The van der Waals surface area contributed by atoms with E-state index in [1.807, 2.05) is 6.92 Å². The molecule has 3 nitrogen and oxygen atoms in total. The molecule has 3 unspecified atom stereocenters. The Morgan fingerprint density at radius 1 is 1.24 bits per heavy atom. The van der Waals surface area contributed by atoms with Crippen LogP contribution in [0.5, 0.6) is 0 Å². The maximum atomic E-state index is 4.44. The van der Waals surface area contributed by atoms with Gasteiger partial charge in [-0.25, -0.2) is 0 Å². The summed E-state index contributed by atoms with van der Waals surface area (Å²) in [5, 5.41) is 3.72. The summed E-state index contributed by atoms with van der Waals surface area (Å²) in [5.41, 5.74) is 2.13. The van der Waals surface area contributed by atoms with Gasteiger partial charge in [-0.05, 0) is 32.6 Å². The van der Waals surface area contributed by atoms with E-state index in [1.165, 1.54) is 25.7 Å². The molecule has 1 N–H and O–H groups in total. The number of aryl methyl sites for hydroxylation is 1. The minimum Gasteiger partial charge on any atom is -0.306 e. The molecule has 1 fully saturated rings. The second-order valence-corrected chi connectivity index (χ2v) is 5.28. The van der Waals surface area contributed by atoms with Crippen molar-refractivity contribution in [3.8, 4) is 0 Å². The first-order valence-corrected chi connectivity index (χ1v) is 6.72. The number of nitrogens with one attached hydrogen (secondary N) is 1. The highest BCUT2D eigenvalue weighted by Crippen LogP contribution is 2.26. The van der Waals surface area contributed by atoms with E-state index in [0.717, 1.165) is 17.3 Å². The first-order chi connectivity index (χ1) is 8.18. The van der Waals surface area contributed by atoms with Crippen LogP contribution in [0.25, 0.3) is 0 Å². The number of rotatable bonds is 3. The number of aromatic nitrogens is 2. The van der Waals surface area contributed by atoms with Gasteiger partial charge in [0.15, 0.2) is 0 Å². The molecule has 94 valence electrons. The first-order valence-electron chi connectivity index (χ1n) is 6.72. The Labute approximate surface area is 104 Å². The van der Waals surface area contributed by atoms with Gasteiger partial charge < -0.3 is 5.32 Å². The highest BCUT2D eigenvalue weighted by atomic mass is 15.0. The molecule has 2 rings (SSSR count). The lowest BCUT2D eigenvalue weighted by molar-refractivity contribution is 0.261. The Balaban J connectivity index is 2.01. The highest BCUT2D eigenvalue weighted by molar-refractivity contribution is 5.12. The van der Waals surface area contributed by atoms with Crippen molar-refractivity contribution in [3.63, 3.8) is 0 Å². The summed E-state index contributed by atoms with van der Waals surface area (Å²) in [6, 6.07) is 0.939. The van der Waals surface area contributed by atoms with Gasteiger partial charge in [-0.3, -0.25) is 9.97 Å². The second kappa shape index (κ2) is 5.58. The topological polar surface area (TPSA) is 37.8 Å². The van der Waals surface area contributed by atoms with Crippen molar-refractivity contribution in [2.45, 2.75) is 58.5 Å². The zero-order valence-electron chi connectivity index (χ0n) is 11.1. The fourth-order valence-corrected chi connectivity index (χ4v) is 2.81. The molecule has 1 aromatic rings. The maximum Gasteiger partial charge on any atom is 0.0782 e. The van der Waals surface area contributed by atoms with E-state index in [4.69, 9.17) is 0 Å². The molecule has 0 radical (unpaired) electrons. The molecule has 1 aliphatic rings. The zero-order chi connectivity index (χ0) is 12.3. The summed E-state index contributed by atoms with van der Waals surface area (Å²) in [5.74, 6) is 0.781. The van der Waals surface area contributed by atoms with Crippen LogP contribution in [0.3, 0.4) is 0 Å². The predicted molar refractivity (Wildman–Crippen MR) is 69.7 cm³/mol. The molecule has 0 bridgehead atoms. The fraction of sp³-hybridized carbons (Fsp3) is 0.714. The summed E-state index contributed by atoms with van der Waals surface area (Å²) in [6.45, 7) is 6.58. The SMILES string of the molecule is Cc1nccnc1C(C)NC1CCCCC1C. The second-order valence-electron chi connectivity index (χ2n) is 5.28. The van der Waals surface area contributed by atoms with Gasteiger partial charge in [0.05, 0.1) is 11.4 Å². The lowest BCUT2D eigenvalue weighted by Crippen LogP contribution is -2.39. The fourth-order valence-electron chi connectivity index (χ4n) is 2.81. The normalized spacial score (nSPS) is 26.8.